The summed E-state index contributed by atoms with van der Waals surface area (Å²) < 4.78 is 4.85. The van der Waals surface area contributed by atoms with Crippen LogP contribution in [0.3, 0.4) is 0 Å². The van der Waals surface area contributed by atoms with Crippen molar-refractivity contribution in [3.05, 3.63) is 51.2 Å². The van der Waals surface area contributed by atoms with Gasteiger partial charge in [0.15, 0.2) is 0 Å². The number of methoxy groups -OCH3 is 1. The zero-order valence-corrected chi connectivity index (χ0v) is 11.3. The predicted molar refractivity (Wildman–Crippen MR) is 74.0 cm³/mol. The highest BCUT2D eigenvalue weighted by Crippen LogP contribution is 2.34. The lowest BCUT2D eigenvalue weighted by Gasteiger charge is -2.15. The zero-order valence-electron chi connectivity index (χ0n) is 9.72. The highest BCUT2D eigenvalue weighted by Gasteiger charge is 2.26. The number of ether oxygens (including phenoxy) is 1. The molecule has 5 heteroatoms. The number of anilines is 1. The lowest BCUT2D eigenvalue weighted by Crippen LogP contribution is -2.15. The number of benzene rings is 1. The van der Waals surface area contributed by atoms with E-state index in [0.29, 0.717) is 16.3 Å². The summed E-state index contributed by atoms with van der Waals surface area (Å²) in [7, 11) is 1.37. The topological polar surface area (TPSA) is 52.3 Å². The SMILES string of the molecule is COC(=O)C(c1cccs1)c1ccc(N)cc1Cl. The smallest absolute Gasteiger partial charge is 0.318 e. The van der Waals surface area contributed by atoms with Crippen LogP contribution in [0.25, 0.3) is 0 Å². The predicted octanol–water partition coefficient (Wildman–Crippen LogP) is 3.29. The number of carbonyl (C=O) groups excluding carboxylic acids is 1. The molecule has 1 heterocycles. The Bertz CT molecular complexity index is 554. The molecule has 1 aromatic carbocycles. The Labute approximate surface area is 114 Å². The van der Waals surface area contributed by atoms with Crippen LogP contribution < -0.4 is 5.73 Å². The summed E-state index contributed by atoms with van der Waals surface area (Å²) in [5, 5.41) is 2.38. The fourth-order valence-electron chi connectivity index (χ4n) is 1.75. The van der Waals surface area contributed by atoms with Crippen LogP contribution in [0, 0.1) is 0 Å². The van der Waals surface area contributed by atoms with Gasteiger partial charge in [0.25, 0.3) is 0 Å². The van der Waals surface area contributed by atoms with E-state index < -0.39 is 5.92 Å². The number of carbonyl (C=O) groups is 1. The Morgan fingerprint density at radius 2 is 2.22 bits per heavy atom. The van der Waals surface area contributed by atoms with Crippen molar-refractivity contribution in [2.45, 2.75) is 5.92 Å². The van der Waals surface area contributed by atoms with Gasteiger partial charge in [0.05, 0.1) is 7.11 Å². The fraction of sp³-hybridized carbons (Fsp3) is 0.154. The summed E-state index contributed by atoms with van der Waals surface area (Å²) in [6, 6.07) is 8.91. The van der Waals surface area contributed by atoms with Gasteiger partial charge < -0.3 is 10.5 Å². The second-order valence-corrected chi connectivity index (χ2v) is 5.14. The molecule has 1 aromatic heterocycles. The van der Waals surface area contributed by atoms with Gasteiger partial charge in [-0.1, -0.05) is 23.7 Å². The first kappa shape index (κ1) is 12.9. The summed E-state index contributed by atoms with van der Waals surface area (Å²) in [5.41, 5.74) is 6.93. The van der Waals surface area contributed by atoms with Crippen molar-refractivity contribution in [2.24, 2.45) is 0 Å². The molecule has 2 aromatic rings. The molecule has 1 unspecified atom stereocenters. The molecular formula is C13H12ClNO2S. The third-order valence-corrected chi connectivity index (χ3v) is 3.86. The maximum atomic E-state index is 11.9. The normalized spacial score (nSPS) is 12.1. The number of halogens is 1. The van der Waals surface area contributed by atoms with Crippen molar-refractivity contribution < 1.29 is 9.53 Å². The van der Waals surface area contributed by atoms with E-state index in [1.165, 1.54) is 18.4 Å². The number of esters is 1. The summed E-state index contributed by atoms with van der Waals surface area (Å²) in [6.45, 7) is 0. The molecule has 0 aliphatic carbocycles. The van der Waals surface area contributed by atoms with Gasteiger partial charge in [0.1, 0.15) is 5.92 Å². The number of hydrogen-bond acceptors (Lipinski definition) is 4. The molecule has 0 saturated heterocycles. The summed E-state index contributed by atoms with van der Waals surface area (Å²) in [4.78, 5) is 12.8. The van der Waals surface area contributed by atoms with Crippen LogP contribution in [-0.2, 0) is 9.53 Å². The highest BCUT2D eigenvalue weighted by molar-refractivity contribution is 7.10. The van der Waals surface area contributed by atoms with Gasteiger partial charge in [0, 0.05) is 15.6 Å². The molecule has 0 fully saturated rings. The van der Waals surface area contributed by atoms with Crippen LogP contribution in [0.4, 0.5) is 5.69 Å². The fourth-order valence-corrected chi connectivity index (χ4v) is 2.88. The van der Waals surface area contributed by atoms with E-state index in [4.69, 9.17) is 22.1 Å². The number of nitrogens with two attached hydrogens (primary N) is 1. The molecule has 0 saturated carbocycles. The van der Waals surface area contributed by atoms with Crippen LogP contribution in [0.5, 0.6) is 0 Å². The Kier molecular flexibility index (Phi) is 3.89. The quantitative estimate of drug-likeness (QED) is 0.694. The number of nitrogen functional groups attached to an aromatic ring is 1. The van der Waals surface area contributed by atoms with E-state index >= 15 is 0 Å². The minimum absolute atomic E-state index is 0.330. The van der Waals surface area contributed by atoms with E-state index in [0.717, 1.165) is 4.88 Å². The van der Waals surface area contributed by atoms with Gasteiger partial charge >= 0.3 is 5.97 Å². The Morgan fingerprint density at radius 3 is 2.78 bits per heavy atom. The van der Waals surface area contributed by atoms with Crippen LogP contribution >= 0.6 is 22.9 Å². The summed E-state index contributed by atoms with van der Waals surface area (Å²) in [6.07, 6.45) is 0. The van der Waals surface area contributed by atoms with E-state index in [1.54, 1.807) is 18.2 Å². The first-order chi connectivity index (χ1) is 8.63. The second kappa shape index (κ2) is 5.42. The van der Waals surface area contributed by atoms with E-state index in [-0.39, 0.29) is 5.97 Å². The molecule has 0 aliphatic rings. The van der Waals surface area contributed by atoms with Gasteiger partial charge in [-0.25, -0.2) is 0 Å². The number of rotatable bonds is 3. The van der Waals surface area contributed by atoms with E-state index in [9.17, 15) is 4.79 Å². The van der Waals surface area contributed by atoms with Crippen molar-refractivity contribution in [1.82, 2.24) is 0 Å². The minimum Gasteiger partial charge on any atom is -0.468 e. The molecule has 0 aliphatic heterocycles. The molecular weight excluding hydrogens is 270 g/mol. The van der Waals surface area contributed by atoms with E-state index in [1.807, 2.05) is 17.5 Å². The molecule has 0 bridgehead atoms. The first-order valence-corrected chi connectivity index (χ1v) is 6.55. The maximum absolute atomic E-state index is 11.9. The van der Waals surface area contributed by atoms with Gasteiger partial charge in [-0.05, 0) is 29.1 Å². The molecule has 0 spiro atoms. The largest absolute Gasteiger partial charge is 0.468 e. The average molecular weight is 282 g/mol. The van der Waals surface area contributed by atoms with Gasteiger partial charge in [-0.3, -0.25) is 4.79 Å². The zero-order chi connectivity index (χ0) is 13.1. The monoisotopic (exact) mass is 281 g/mol. The molecule has 18 heavy (non-hydrogen) atoms. The van der Waals surface area contributed by atoms with Crippen molar-refractivity contribution >= 4 is 34.6 Å². The van der Waals surface area contributed by atoms with E-state index in [2.05, 4.69) is 0 Å². The van der Waals surface area contributed by atoms with Crippen molar-refractivity contribution in [2.75, 3.05) is 12.8 Å². The first-order valence-electron chi connectivity index (χ1n) is 5.29. The minimum atomic E-state index is -0.497. The van der Waals surface area contributed by atoms with Crippen molar-refractivity contribution in [3.63, 3.8) is 0 Å². The molecule has 2 N–H and O–H groups in total. The van der Waals surface area contributed by atoms with Crippen LogP contribution in [0.2, 0.25) is 5.02 Å². The average Bonchev–Trinajstić information content (AvgIpc) is 2.85. The van der Waals surface area contributed by atoms with Crippen LogP contribution in [0.1, 0.15) is 16.4 Å². The Hall–Kier alpha value is -1.52. The third kappa shape index (κ3) is 2.49. The number of hydrogen-bond donors (Lipinski definition) is 1. The van der Waals surface area contributed by atoms with Gasteiger partial charge in [-0.2, -0.15) is 0 Å². The molecule has 0 amide bonds. The van der Waals surface area contributed by atoms with Crippen LogP contribution in [-0.4, -0.2) is 13.1 Å². The molecule has 1 atom stereocenters. The second-order valence-electron chi connectivity index (χ2n) is 3.75. The standard InChI is InChI=1S/C13H12ClNO2S/c1-17-13(16)12(11-3-2-6-18-11)9-5-4-8(15)7-10(9)14/h2-7,12H,15H2,1H3. The van der Waals surface area contributed by atoms with Crippen molar-refractivity contribution in [3.8, 4) is 0 Å². The van der Waals surface area contributed by atoms with Gasteiger partial charge in [-0.15, -0.1) is 11.3 Å². The lowest BCUT2D eigenvalue weighted by atomic mass is 9.97. The highest BCUT2D eigenvalue weighted by atomic mass is 35.5. The third-order valence-electron chi connectivity index (χ3n) is 2.60. The van der Waals surface area contributed by atoms with Gasteiger partial charge in [0.2, 0.25) is 0 Å². The lowest BCUT2D eigenvalue weighted by molar-refractivity contribution is -0.141. The number of thiophene rings is 1. The summed E-state index contributed by atoms with van der Waals surface area (Å²) >= 11 is 7.65. The Morgan fingerprint density at radius 1 is 1.44 bits per heavy atom. The van der Waals surface area contributed by atoms with Crippen LogP contribution in [0.15, 0.2) is 35.7 Å². The molecule has 2 rings (SSSR count). The van der Waals surface area contributed by atoms with Crippen molar-refractivity contribution in [1.29, 1.82) is 0 Å². The molecule has 94 valence electrons. The molecule has 0 radical (unpaired) electrons. The maximum Gasteiger partial charge on any atom is 0.318 e. The molecule has 3 nitrogen and oxygen atoms in total. The summed E-state index contributed by atoms with van der Waals surface area (Å²) in [5.74, 6) is -0.827. The Balaban J connectivity index is 2.50.